The molecule has 0 saturated carbocycles. The molecule has 4 rings (SSSR count). The summed E-state index contributed by atoms with van der Waals surface area (Å²) in [4.78, 5) is 16.8. The average molecular weight is 398 g/mol. The third-order valence-electron chi connectivity index (χ3n) is 3.67. The fourth-order valence-corrected chi connectivity index (χ4v) is 3.00. The number of aromatic nitrogens is 5. The standard InChI is InChI=1S/C18H12ClN5O2S/c19-15-14(21-23-27-15)11-26-18(25)16-20-17(12-7-3-1-4-8-12)24(22-16)13-9-5-2-6-10-13/h1-10H,11H2. The molecule has 2 heterocycles. The van der Waals surface area contributed by atoms with E-state index in [0.29, 0.717) is 15.9 Å². The van der Waals surface area contributed by atoms with Crippen molar-refractivity contribution in [3.63, 3.8) is 0 Å². The van der Waals surface area contributed by atoms with Crippen LogP contribution in [0, 0.1) is 0 Å². The van der Waals surface area contributed by atoms with Crippen LogP contribution in [0.3, 0.4) is 0 Å². The molecule has 0 aliphatic carbocycles. The van der Waals surface area contributed by atoms with Crippen LogP contribution in [0.15, 0.2) is 60.7 Å². The summed E-state index contributed by atoms with van der Waals surface area (Å²) in [5.41, 5.74) is 2.02. The predicted octanol–water partition coefficient (Wildman–Crippen LogP) is 3.80. The first kappa shape index (κ1) is 17.3. The van der Waals surface area contributed by atoms with Gasteiger partial charge in [-0.05, 0) is 12.1 Å². The molecule has 0 atom stereocenters. The molecule has 4 aromatic rings. The Morgan fingerprint density at radius 3 is 2.44 bits per heavy atom. The van der Waals surface area contributed by atoms with Crippen molar-refractivity contribution >= 4 is 29.1 Å². The highest BCUT2D eigenvalue weighted by Gasteiger charge is 2.20. The maximum atomic E-state index is 12.4. The number of hydrogen-bond donors (Lipinski definition) is 0. The lowest BCUT2D eigenvalue weighted by Gasteiger charge is -2.05. The molecule has 9 heteroatoms. The Labute approximate surface area is 163 Å². The molecule has 0 saturated heterocycles. The average Bonchev–Trinajstić information content (AvgIpc) is 3.34. The van der Waals surface area contributed by atoms with Gasteiger partial charge in [0.2, 0.25) is 0 Å². The van der Waals surface area contributed by atoms with E-state index in [2.05, 4.69) is 19.7 Å². The second kappa shape index (κ2) is 7.65. The minimum atomic E-state index is -0.661. The molecule has 0 aliphatic heterocycles. The number of hydrogen-bond acceptors (Lipinski definition) is 7. The first-order valence-corrected chi connectivity index (χ1v) is 9.09. The second-order valence-corrected chi connectivity index (χ2v) is 6.80. The molecular weight excluding hydrogens is 386 g/mol. The lowest BCUT2D eigenvalue weighted by atomic mass is 10.2. The molecule has 0 unspecified atom stereocenters. The van der Waals surface area contributed by atoms with Gasteiger partial charge in [0.1, 0.15) is 16.6 Å². The number of carbonyl (C=O) groups excluding carboxylic acids is 1. The third kappa shape index (κ3) is 3.71. The zero-order valence-electron chi connectivity index (χ0n) is 13.8. The topological polar surface area (TPSA) is 82.8 Å². The number of para-hydroxylation sites is 1. The number of nitrogens with zero attached hydrogens (tertiary/aromatic N) is 5. The summed E-state index contributed by atoms with van der Waals surface area (Å²) in [6.45, 7) is -0.0886. The summed E-state index contributed by atoms with van der Waals surface area (Å²) >= 11 is 6.96. The van der Waals surface area contributed by atoms with Crippen molar-refractivity contribution in [2.24, 2.45) is 0 Å². The van der Waals surface area contributed by atoms with Crippen LogP contribution < -0.4 is 0 Å². The largest absolute Gasteiger partial charge is 0.453 e. The Kier molecular flexibility index (Phi) is 4.91. The molecule has 2 aromatic heterocycles. The van der Waals surface area contributed by atoms with Crippen molar-refractivity contribution in [3.8, 4) is 17.1 Å². The van der Waals surface area contributed by atoms with Crippen LogP contribution in [-0.4, -0.2) is 30.3 Å². The molecule has 0 radical (unpaired) electrons. The van der Waals surface area contributed by atoms with Gasteiger partial charge in [-0.25, -0.2) is 14.5 Å². The second-order valence-electron chi connectivity index (χ2n) is 5.44. The van der Waals surface area contributed by atoms with Crippen LogP contribution in [0.1, 0.15) is 16.3 Å². The number of ether oxygens (including phenoxy) is 1. The molecule has 0 fully saturated rings. The zero-order chi connectivity index (χ0) is 18.6. The molecule has 0 spiro atoms. The summed E-state index contributed by atoms with van der Waals surface area (Å²) < 4.78 is 10.9. The molecule has 2 aromatic carbocycles. The van der Waals surface area contributed by atoms with Crippen LogP contribution >= 0.6 is 23.1 Å². The Morgan fingerprint density at radius 1 is 1.07 bits per heavy atom. The Morgan fingerprint density at radius 2 is 1.78 bits per heavy atom. The summed E-state index contributed by atoms with van der Waals surface area (Å²) in [5.74, 6) is -0.162. The van der Waals surface area contributed by atoms with E-state index in [9.17, 15) is 4.79 Å². The van der Waals surface area contributed by atoms with E-state index >= 15 is 0 Å². The summed E-state index contributed by atoms with van der Waals surface area (Å²) in [6, 6.07) is 19.0. The summed E-state index contributed by atoms with van der Waals surface area (Å²) in [5, 5.41) is 8.16. The molecule has 134 valence electrons. The van der Waals surface area contributed by atoms with E-state index in [4.69, 9.17) is 16.3 Å². The van der Waals surface area contributed by atoms with E-state index in [-0.39, 0.29) is 12.4 Å². The summed E-state index contributed by atoms with van der Waals surface area (Å²) in [6.07, 6.45) is 0. The van der Waals surface area contributed by atoms with Gasteiger partial charge in [-0.15, -0.1) is 10.2 Å². The van der Waals surface area contributed by atoms with Crippen LogP contribution in [-0.2, 0) is 11.3 Å². The van der Waals surface area contributed by atoms with Crippen LogP contribution in [0.25, 0.3) is 17.1 Å². The third-order valence-corrected chi connectivity index (χ3v) is 4.66. The lowest BCUT2D eigenvalue weighted by molar-refractivity contribution is 0.0453. The zero-order valence-corrected chi connectivity index (χ0v) is 15.4. The molecule has 0 bridgehead atoms. The number of halogens is 1. The minimum Gasteiger partial charge on any atom is -0.453 e. The first-order chi connectivity index (χ1) is 13.2. The van der Waals surface area contributed by atoms with Gasteiger partial charge in [0, 0.05) is 17.1 Å². The SMILES string of the molecule is O=C(OCc1nnsc1Cl)c1nc(-c2ccccc2)n(-c2ccccc2)n1. The highest BCUT2D eigenvalue weighted by molar-refractivity contribution is 7.10. The van der Waals surface area contributed by atoms with E-state index in [1.54, 1.807) is 4.68 Å². The molecule has 0 N–H and O–H groups in total. The fourth-order valence-electron chi connectivity index (χ4n) is 2.40. The van der Waals surface area contributed by atoms with E-state index < -0.39 is 5.97 Å². The van der Waals surface area contributed by atoms with Gasteiger partial charge in [0.15, 0.2) is 5.82 Å². The van der Waals surface area contributed by atoms with Crippen molar-refractivity contribution in [2.75, 3.05) is 0 Å². The van der Waals surface area contributed by atoms with E-state index in [1.165, 1.54) is 0 Å². The quantitative estimate of drug-likeness (QED) is 0.476. The van der Waals surface area contributed by atoms with Gasteiger partial charge in [-0.2, -0.15) is 0 Å². The van der Waals surface area contributed by atoms with Gasteiger partial charge < -0.3 is 4.74 Å². The molecule has 0 aliphatic rings. The van der Waals surface area contributed by atoms with Gasteiger partial charge in [0.05, 0.1) is 5.69 Å². The van der Waals surface area contributed by atoms with Gasteiger partial charge >= 0.3 is 5.97 Å². The van der Waals surface area contributed by atoms with E-state index in [0.717, 1.165) is 22.8 Å². The van der Waals surface area contributed by atoms with Gasteiger partial charge in [0.25, 0.3) is 5.82 Å². The maximum Gasteiger partial charge on any atom is 0.378 e. The summed E-state index contributed by atoms with van der Waals surface area (Å²) in [7, 11) is 0. The van der Waals surface area contributed by atoms with Crippen molar-refractivity contribution in [1.82, 2.24) is 24.4 Å². The van der Waals surface area contributed by atoms with Crippen LogP contribution in [0.5, 0.6) is 0 Å². The number of esters is 1. The predicted molar refractivity (Wildman–Crippen MR) is 101 cm³/mol. The molecule has 7 nitrogen and oxygen atoms in total. The number of benzene rings is 2. The first-order valence-electron chi connectivity index (χ1n) is 7.94. The van der Waals surface area contributed by atoms with Crippen molar-refractivity contribution < 1.29 is 9.53 Å². The Balaban J connectivity index is 1.67. The van der Waals surface area contributed by atoms with Gasteiger partial charge in [-0.3, -0.25) is 0 Å². The highest BCUT2D eigenvalue weighted by Crippen LogP contribution is 2.22. The minimum absolute atomic E-state index is 0.0444. The van der Waals surface area contributed by atoms with Crippen molar-refractivity contribution in [2.45, 2.75) is 6.61 Å². The Hall–Kier alpha value is -3.10. The Bertz CT molecular complexity index is 1010. The van der Waals surface area contributed by atoms with Crippen molar-refractivity contribution in [1.29, 1.82) is 0 Å². The number of carbonyl (C=O) groups is 1. The smallest absolute Gasteiger partial charge is 0.378 e. The van der Waals surface area contributed by atoms with E-state index in [1.807, 2.05) is 60.7 Å². The monoisotopic (exact) mass is 397 g/mol. The maximum absolute atomic E-state index is 12.4. The molecule has 27 heavy (non-hydrogen) atoms. The van der Waals surface area contributed by atoms with Crippen LogP contribution in [0.4, 0.5) is 0 Å². The number of rotatable bonds is 5. The molecule has 0 amide bonds. The van der Waals surface area contributed by atoms with Crippen LogP contribution in [0.2, 0.25) is 4.34 Å². The molecular formula is C18H12ClN5O2S. The fraction of sp³-hybridized carbons (Fsp3) is 0.0556. The normalized spacial score (nSPS) is 10.7. The van der Waals surface area contributed by atoms with Crippen molar-refractivity contribution in [3.05, 3.63) is 76.5 Å². The van der Waals surface area contributed by atoms with Gasteiger partial charge in [-0.1, -0.05) is 64.6 Å². The lowest BCUT2D eigenvalue weighted by Crippen LogP contribution is -2.08. The highest BCUT2D eigenvalue weighted by atomic mass is 35.5.